The fraction of sp³-hybridized carbons (Fsp3) is 0.375. The van der Waals surface area contributed by atoms with Gasteiger partial charge in [-0.2, -0.15) is 5.10 Å². The van der Waals surface area contributed by atoms with E-state index in [1.165, 1.54) is 5.56 Å². The highest BCUT2D eigenvalue weighted by molar-refractivity contribution is 5.73. The van der Waals surface area contributed by atoms with Crippen LogP contribution in [0.2, 0.25) is 0 Å². The average Bonchev–Trinajstić information content (AvgIpc) is 2.90. The Labute approximate surface area is 130 Å². The summed E-state index contributed by atoms with van der Waals surface area (Å²) in [7, 11) is 3.61. The van der Waals surface area contributed by atoms with E-state index in [1.807, 2.05) is 44.4 Å². The summed E-state index contributed by atoms with van der Waals surface area (Å²) in [5.74, 6) is 0.809. The van der Waals surface area contributed by atoms with Crippen LogP contribution < -0.4 is 10.1 Å². The molecule has 1 heterocycles. The smallest absolute Gasteiger partial charge is 0.317 e. The van der Waals surface area contributed by atoms with Crippen molar-refractivity contribution in [1.29, 1.82) is 0 Å². The Morgan fingerprint density at radius 2 is 2.09 bits per heavy atom. The van der Waals surface area contributed by atoms with Crippen LogP contribution in [0.4, 0.5) is 4.79 Å². The maximum Gasteiger partial charge on any atom is 0.317 e. The summed E-state index contributed by atoms with van der Waals surface area (Å²) in [5, 5.41) is 6.91. The number of carbonyl (C=O) groups is 1. The number of nitrogens with zero attached hydrogens (tertiary/aromatic N) is 3. The summed E-state index contributed by atoms with van der Waals surface area (Å²) in [5.41, 5.74) is 2.19. The zero-order valence-electron chi connectivity index (χ0n) is 13.2. The molecule has 0 fully saturated rings. The summed E-state index contributed by atoms with van der Waals surface area (Å²) in [6, 6.07) is 7.71. The van der Waals surface area contributed by atoms with E-state index in [0.29, 0.717) is 19.7 Å². The standard InChI is InChI=1S/C16H22N4O2/c1-13-4-6-15(7-5-13)22-9-8-17-16(21)19(2)11-14-10-18-20(3)12-14/h4-7,10,12H,8-9,11H2,1-3H3,(H,17,21). The molecule has 0 aliphatic carbocycles. The molecule has 6 heteroatoms. The molecule has 1 aromatic heterocycles. The zero-order valence-corrected chi connectivity index (χ0v) is 13.2. The van der Waals surface area contributed by atoms with Crippen molar-refractivity contribution in [1.82, 2.24) is 20.0 Å². The van der Waals surface area contributed by atoms with E-state index in [9.17, 15) is 4.79 Å². The molecule has 0 spiro atoms. The summed E-state index contributed by atoms with van der Waals surface area (Å²) < 4.78 is 7.28. The third-order valence-electron chi connectivity index (χ3n) is 3.19. The molecule has 2 rings (SSSR count). The fourth-order valence-corrected chi connectivity index (χ4v) is 2.00. The lowest BCUT2D eigenvalue weighted by atomic mass is 10.2. The molecule has 6 nitrogen and oxygen atoms in total. The fourth-order valence-electron chi connectivity index (χ4n) is 2.00. The Morgan fingerprint density at radius 3 is 2.73 bits per heavy atom. The van der Waals surface area contributed by atoms with Gasteiger partial charge in [0.2, 0.25) is 0 Å². The van der Waals surface area contributed by atoms with Gasteiger partial charge in [-0.05, 0) is 19.1 Å². The number of carbonyl (C=O) groups excluding carboxylic acids is 1. The summed E-state index contributed by atoms with van der Waals surface area (Å²) in [6.45, 7) is 3.46. The Kier molecular flexibility index (Phi) is 5.41. The number of hydrogen-bond acceptors (Lipinski definition) is 3. The minimum absolute atomic E-state index is 0.128. The number of amides is 2. The topological polar surface area (TPSA) is 59.4 Å². The normalized spacial score (nSPS) is 10.3. The molecule has 0 aliphatic heterocycles. The van der Waals surface area contributed by atoms with Gasteiger partial charge < -0.3 is 15.0 Å². The molecular formula is C16H22N4O2. The van der Waals surface area contributed by atoms with Gasteiger partial charge in [0.15, 0.2) is 0 Å². The highest BCUT2D eigenvalue weighted by Gasteiger charge is 2.09. The molecule has 22 heavy (non-hydrogen) atoms. The van der Waals surface area contributed by atoms with E-state index in [1.54, 1.807) is 22.8 Å². The monoisotopic (exact) mass is 302 g/mol. The van der Waals surface area contributed by atoms with E-state index >= 15 is 0 Å². The first kappa shape index (κ1) is 15.9. The van der Waals surface area contributed by atoms with Gasteiger partial charge in [-0.3, -0.25) is 4.68 Å². The van der Waals surface area contributed by atoms with Crippen molar-refractivity contribution >= 4 is 6.03 Å². The molecular weight excluding hydrogens is 280 g/mol. The van der Waals surface area contributed by atoms with Gasteiger partial charge in [0.1, 0.15) is 12.4 Å². The van der Waals surface area contributed by atoms with Crippen LogP contribution in [0.3, 0.4) is 0 Å². The lowest BCUT2D eigenvalue weighted by Crippen LogP contribution is -2.38. The number of ether oxygens (including phenoxy) is 1. The van der Waals surface area contributed by atoms with Crippen molar-refractivity contribution in [2.75, 3.05) is 20.2 Å². The van der Waals surface area contributed by atoms with E-state index in [-0.39, 0.29) is 6.03 Å². The second-order valence-electron chi connectivity index (χ2n) is 5.27. The summed E-state index contributed by atoms with van der Waals surface area (Å²) in [4.78, 5) is 13.6. The van der Waals surface area contributed by atoms with E-state index < -0.39 is 0 Å². The van der Waals surface area contributed by atoms with Crippen LogP contribution in [0.5, 0.6) is 5.75 Å². The molecule has 2 amide bonds. The maximum absolute atomic E-state index is 11.9. The SMILES string of the molecule is Cc1ccc(OCCNC(=O)N(C)Cc2cnn(C)c2)cc1. The van der Waals surface area contributed by atoms with Gasteiger partial charge >= 0.3 is 6.03 Å². The number of aryl methyl sites for hydroxylation is 2. The van der Waals surface area contributed by atoms with E-state index in [2.05, 4.69) is 10.4 Å². The highest BCUT2D eigenvalue weighted by Crippen LogP contribution is 2.10. The molecule has 2 aromatic rings. The number of aromatic nitrogens is 2. The minimum atomic E-state index is -0.128. The van der Waals surface area contributed by atoms with Gasteiger partial charge in [0, 0.05) is 25.9 Å². The highest BCUT2D eigenvalue weighted by atomic mass is 16.5. The average molecular weight is 302 g/mol. The first-order chi connectivity index (χ1) is 10.5. The largest absolute Gasteiger partial charge is 0.492 e. The maximum atomic E-state index is 11.9. The van der Waals surface area contributed by atoms with Gasteiger partial charge in [0.25, 0.3) is 0 Å². The third-order valence-corrected chi connectivity index (χ3v) is 3.19. The molecule has 0 aliphatic rings. The first-order valence-corrected chi connectivity index (χ1v) is 7.20. The second-order valence-corrected chi connectivity index (χ2v) is 5.27. The van der Waals surface area contributed by atoms with Crippen LogP contribution in [0, 0.1) is 6.92 Å². The number of benzene rings is 1. The molecule has 0 radical (unpaired) electrons. The molecule has 0 saturated heterocycles. The van der Waals surface area contributed by atoms with Gasteiger partial charge in [-0.15, -0.1) is 0 Å². The molecule has 0 saturated carbocycles. The minimum Gasteiger partial charge on any atom is -0.492 e. The van der Waals surface area contributed by atoms with Gasteiger partial charge in [0.05, 0.1) is 19.3 Å². The third kappa shape index (κ3) is 4.80. The van der Waals surface area contributed by atoms with E-state index in [4.69, 9.17) is 4.74 Å². The molecule has 1 N–H and O–H groups in total. The number of rotatable bonds is 6. The predicted molar refractivity (Wildman–Crippen MR) is 84.7 cm³/mol. The first-order valence-electron chi connectivity index (χ1n) is 7.20. The second kappa shape index (κ2) is 7.49. The van der Waals surface area contributed by atoms with Crippen LogP contribution in [-0.2, 0) is 13.6 Å². The number of urea groups is 1. The molecule has 0 atom stereocenters. The Morgan fingerprint density at radius 1 is 1.36 bits per heavy atom. The Bertz CT molecular complexity index is 607. The van der Waals surface area contributed by atoms with Crippen molar-refractivity contribution in [2.45, 2.75) is 13.5 Å². The van der Waals surface area contributed by atoms with Crippen LogP contribution in [-0.4, -0.2) is 40.9 Å². The lowest BCUT2D eigenvalue weighted by Gasteiger charge is -2.17. The number of hydrogen-bond donors (Lipinski definition) is 1. The molecule has 1 aromatic carbocycles. The quantitative estimate of drug-likeness (QED) is 0.830. The lowest BCUT2D eigenvalue weighted by molar-refractivity contribution is 0.203. The van der Waals surface area contributed by atoms with Gasteiger partial charge in [-0.1, -0.05) is 17.7 Å². The van der Waals surface area contributed by atoms with Crippen LogP contribution >= 0.6 is 0 Å². The Balaban J connectivity index is 1.67. The Hall–Kier alpha value is -2.50. The van der Waals surface area contributed by atoms with Crippen molar-refractivity contribution in [2.24, 2.45) is 7.05 Å². The predicted octanol–water partition coefficient (Wildman–Crippen LogP) is 1.95. The molecule has 118 valence electrons. The van der Waals surface area contributed by atoms with Gasteiger partial charge in [-0.25, -0.2) is 4.79 Å². The van der Waals surface area contributed by atoms with Crippen LogP contribution in [0.1, 0.15) is 11.1 Å². The van der Waals surface area contributed by atoms with Crippen molar-refractivity contribution in [3.63, 3.8) is 0 Å². The zero-order chi connectivity index (χ0) is 15.9. The number of nitrogens with one attached hydrogen (secondary N) is 1. The summed E-state index contributed by atoms with van der Waals surface area (Å²) >= 11 is 0. The van der Waals surface area contributed by atoms with Crippen molar-refractivity contribution < 1.29 is 9.53 Å². The van der Waals surface area contributed by atoms with E-state index in [0.717, 1.165) is 11.3 Å². The molecule has 0 unspecified atom stereocenters. The van der Waals surface area contributed by atoms with Crippen LogP contribution in [0.25, 0.3) is 0 Å². The van der Waals surface area contributed by atoms with Crippen molar-refractivity contribution in [3.8, 4) is 5.75 Å². The summed E-state index contributed by atoms with van der Waals surface area (Å²) in [6.07, 6.45) is 3.65. The molecule has 0 bridgehead atoms. The van der Waals surface area contributed by atoms with Crippen molar-refractivity contribution in [3.05, 3.63) is 47.8 Å². The van der Waals surface area contributed by atoms with Crippen LogP contribution in [0.15, 0.2) is 36.7 Å².